The summed E-state index contributed by atoms with van der Waals surface area (Å²) >= 11 is 0. The summed E-state index contributed by atoms with van der Waals surface area (Å²) < 4.78 is 7.94. The minimum Gasteiger partial charge on any atom is -0.382 e. The lowest BCUT2D eigenvalue weighted by molar-refractivity contribution is 0.0559. The van der Waals surface area contributed by atoms with Crippen LogP contribution in [0.2, 0.25) is 0 Å². The number of nitrogens with two attached hydrogens (primary N) is 1. The monoisotopic (exact) mass is 467 g/mol. The molecule has 0 spiro atoms. The van der Waals surface area contributed by atoms with Crippen molar-refractivity contribution in [3.8, 4) is 0 Å². The van der Waals surface area contributed by atoms with E-state index in [1.165, 1.54) is 76.3 Å². The molecule has 1 unspecified atom stereocenters. The SMILES string of the molecule is CCCCCCCCCCCCSSCCCOC(C)Cn1cnc2c(N)ncnc21. The van der Waals surface area contributed by atoms with Gasteiger partial charge in [0.15, 0.2) is 11.5 Å². The summed E-state index contributed by atoms with van der Waals surface area (Å²) in [5.74, 6) is 2.84. The zero-order valence-electron chi connectivity index (χ0n) is 19.4. The van der Waals surface area contributed by atoms with Gasteiger partial charge in [0.25, 0.3) is 0 Å². The topological polar surface area (TPSA) is 78.9 Å². The Kier molecular flexibility index (Phi) is 14.1. The maximum atomic E-state index is 5.96. The van der Waals surface area contributed by atoms with Crippen LogP contribution in [-0.4, -0.2) is 43.7 Å². The number of nitrogen functional groups attached to an aromatic ring is 1. The molecule has 0 aliphatic rings. The summed E-state index contributed by atoms with van der Waals surface area (Å²) in [6.07, 6.45) is 18.5. The van der Waals surface area contributed by atoms with Crippen molar-refractivity contribution >= 4 is 38.6 Å². The predicted octanol–water partition coefficient (Wildman–Crippen LogP) is 6.51. The molecule has 2 aromatic heterocycles. The van der Waals surface area contributed by atoms with Crippen LogP contribution in [0, 0.1) is 0 Å². The van der Waals surface area contributed by atoms with Gasteiger partial charge >= 0.3 is 0 Å². The normalized spacial score (nSPS) is 12.6. The Balaban J connectivity index is 1.38. The lowest BCUT2D eigenvalue weighted by atomic mass is 10.1. The number of unbranched alkanes of at least 4 members (excludes halogenated alkanes) is 9. The third-order valence-electron chi connectivity index (χ3n) is 5.32. The molecule has 0 aromatic carbocycles. The van der Waals surface area contributed by atoms with E-state index in [2.05, 4.69) is 28.8 Å². The summed E-state index contributed by atoms with van der Waals surface area (Å²) in [6.45, 7) is 5.87. The average Bonchev–Trinajstić information content (AvgIpc) is 3.17. The van der Waals surface area contributed by atoms with Gasteiger partial charge in [0.1, 0.15) is 11.8 Å². The van der Waals surface area contributed by atoms with Gasteiger partial charge in [0, 0.05) is 18.1 Å². The first-order valence-electron chi connectivity index (χ1n) is 12.0. The van der Waals surface area contributed by atoms with Crippen LogP contribution in [0.15, 0.2) is 12.7 Å². The minimum atomic E-state index is 0.109. The summed E-state index contributed by atoms with van der Waals surface area (Å²) in [5.41, 5.74) is 7.26. The first kappa shape index (κ1) is 26.3. The van der Waals surface area contributed by atoms with E-state index in [4.69, 9.17) is 10.5 Å². The highest BCUT2D eigenvalue weighted by Gasteiger charge is 2.10. The lowest BCUT2D eigenvalue weighted by Gasteiger charge is -2.14. The van der Waals surface area contributed by atoms with Crippen molar-refractivity contribution in [3.05, 3.63) is 12.7 Å². The molecule has 2 heterocycles. The fraction of sp³-hybridized carbons (Fsp3) is 0.783. The Bertz CT molecular complexity index is 712. The zero-order valence-corrected chi connectivity index (χ0v) is 21.1. The fourth-order valence-electron chi connectivity index (χ4n) is 3.53. The lowest BCUT2D eigenvalue weighted by Crippen LogP contribution is -2.17. The number of hydrogen-bond donors (Lipinski definition) is 1. The molecule has 0 aliphatic heterocycles. The van der Waals surface area contributed by atoms with Gasteiger partial charge in [-0.15, -0.1) is 0 Å². The van der Waals surface area contributed by atoms with Crippen molar-refractivity contribution in [2.45, 2.75) is 97.1 Å². The highest BCUT2D eigenvalue weighted by atomic mass is 33.1. The van der Waals surface area contributed by atoms with Gasteiger partial charge < -0.3 is 15.0 Å². The molecule has 0 bridgehead atoms. The number of rotatable bonds is 19. The van der Waals surface area contributed by atoms with E-state index in [1.807, 2.05) is 26.2 Å². The summed E-state index contributed by atoms with van der Waals surface area (Å²) in [7, 11) is 4.00. The number of hydrogen-bond acceptors (Lipinski definition) is 7. The Hall–Kier alpha value is -0.990. The number of aromatic nitrogens is 4. The molecule has 0 fully saturated rings. The van der Waals surface area contributed by atoms with E-state index in [9.17, 15) is 0 Å². The third-order valence-corrected chi connectivity index (χ3v) is 7.90. The van der Waals surface area contributed by atoms with Crippen molar-refractivity contribution in [2.24, 2.45) is 0 Å². The predicted molar refractivity (Wildman–Crippen MR) is 137 cm³/mol. The molecular weight excluding hydrogens is 426 g/mol. The largest absolute Gasteiger partial charge is 0.382 e. The molecule has 0 aliphatic carbocycles. The van der Waals surface area contributed by atoms with Crippen molar-refractivity contribution in [1.29, 1.82) is 0 Å². The second-order valence-corrected chi connectivity index (χ2v) is 10.9. The molecule has 31 heavy (non-hydrogen) atoms. The maximum absolute atomic E-state index is 5.96. The number of nitrogens with zero attached hydrogens (tertiary/aromatic N) is 4. The van der Waals surface area contributed by atoms with Gasteiger partial charge in [-0.25, -0.2) is 15.0 Å². The number of anilines is 1. The summed E-state index contributed by atoms with van der Waals surface area (Å²) in [5, 5.41) is 0. The second kappa shape index (κ2) is 16.6. The van der Waals surface area contributed by atoms with E-state index < -0.39 is 0 Å². The van der Waals surface area contributed by atoms with Crippen LogP contribution in [0.4, 0.5) is 5.82 Å². The Morgan fingerprint density at radius 1 is 0.903 bits per heavy atom. The Morgan fingerprint density at radius 2 is 1.55 bits per heavy atom. The first-order valence-corrected chi connectivity index (χ1v) is 14.5. The van der Waals surface area contributed by atoms with Gasteiger partial charge in [-0.3, -0.25) is 0 Å². The third kappa shape index (κ3) is 10.9. The number of fused-ring (bicyclic) bond motifs is 1. The van der Waals surface area contributed by atoms with Crippen LogP contribution in [0.25, 0.3) is 11.2 Å². The molecule has 6 nitrogen and oxygen atoms in total. The van der Waals surface area contributed by atoms with E-state index in [0.717, 1.165) is 24.4 Å². The van der Waals surface area contributed by atoms with Crippen LogP contribution in [0.1, 0.15) is 84.5 Å². The van der Waals surface area contributed by atoms with E-state index in [1.54, 1.807) is 6.33 Å². The van der Waals surface area contributed by atoms with Crippen molar-refractivity contribution in [3.63, 3.8) is 0 Å². The van der Waals surface area contributed by atoms with Crippen molar-refractivity contribution < 1.29 is 4.74 Å². The minimum absolute atomic E-state index is 0.109. The van der Waals surface area contributed by atoms with Crippen LogP contribution in [0.3, 0.4) is 0 Å². The van der Waals surface area contributed by atoms with E-state index in [0.29, 0.717) is 17.9 Å². The van der Waals surface area contributed by atoms with Crippen molar-refractivity contribution in [1.82, 2.24) is 19.5 Å². The molecule has 176 valence electrons. The number of ether oxygens (including phenoxy) is 1. The van der Waals surface area contributed by atoms with Gasteiger partial charge in [0.05, 0.1) is 19.0 Å². The standard InChI is InChI=1S/C23H41N5OS2/c1-3-4-5-6-7-8-9-10-11-12-15-30-31-16-13-14-29-20(2)17-28-19-27-21-22(24)25-18-26-23(21)28/h18-20H,3-17H2,1-2H3,(H2,24,25,26). The molecule has 1 atom stereocenters. The molecule has 2 rings (SSSR count). The molecule has 2 aromatic rings. The summed E-state index contributed by atoms with van der Waals surface area (Å²) in [6, 6.07) is 0. The van der Waals surface area contributed by atoms with Gasteiger partial charge in [-0.1, -0.05) is 86.3 Å². The van der Waals surface area contributed by atoms with Crippen LogP contribution in [-0.2, 0) is 11.3 Å². The van der Waals surface area contributed by atoms with Crippen LogP contribution < -0.4 is 5.73 Å². The van der Waals surface area contributed by atoms with Gasteiger partial charge in [-0.2, -0.15) is 0 Å². The molecular formula is C23H41N5OS2. The van der Waals surface area contributed by atoms with Crippen molar-refractivity contribution in [2.75, 3.05) is 23.8 Å². The van der Waals surface area contributed by atoms with Crippen LogP contribution >= 0.6 is 21.6 Å². The molecule has 0 amide bonds. The number of imidazole rings is 1. The quantitative estimate of drug-likeness (QED) is 0.186. The summed E-state index contributed by atoms with van der Waals surface area (Å²) in [4.78, 5) is 12.6. The Labute approximate surface area is 196 Å². The molecule has 0 saturated carbocycles. The molecule has 8 heteroatoms. The van der Waals surface area contributed by atoms with E-state index in [-0.39, 0.29) is 6.10 Å². The average molecular weight is 468 g/mol. The van der Waals surface area contributed by atoms with Crippen LogP contribution in [0.5, 0.6) is 0 Å². The van der Waals surface area contributed by atoms with Gasteiger partial charge in [0.2, 0.25) is 0 Å². The fourth-order valence-corrected chi connectivity index (χ4v) is 5.74. The highest BCUT2D eigenvalue weighted by molar-refractivity contribution is 8.76. The molecule has 0 saturated heterocycles. The smallest absolute Gasteiger partial charge is 0.165 e. The van der Waals surface area contributed by atoms with Gasteiger partial charge in [-0.05, 0) is 19.8 Å². The second-order valence-electron chi connectivity index (χ2n) is 8.19. The molecule has 2 N–H and O–H groups in total. The first-order chi connectivity index (χ1) is 15.2. The Morgan fingerprint density at radius 3 is 2.26 bits per heavy atom. The maximum Gasteiger partial charge on any atom is 0.165 e. The zero-order chi connectivity index (χ0) is 22.2. The molecule has 0 radical (unpaired) electrons. The van der Waals surface area contributed by atoms with E-state index >= 15 is 0 Å². The highest BCUT2D eigenvalue weighted by Crippen LogP contribution is 2.24.